The van der Waals surface area contributed by atoms with Crippen LogP contribution in [0.15, 0.2) is 0 Å². The highest BCUT2D eigenvalue weighted by Gasteiger charge is 2.46. The molecule has 2 heterocycles. The van der Waals surface area contributed by atoms with Crippen LogP contribution >= 0.6 is 11.5 Å². The molecule has 5 heteroatoms. The van der Waals surface area contributed by atoms with E-state index in [0.29, 0.717) is 12.0 Å². The van der Waals surface area contributed by atoms with Crippen molar-refractivity contribution in [3.05, 3.63) is 5.82 Å². The van der Waals surface area contributed by atoms with Crippen molar-refractivity contribution < 1.29 is 4.74 Å². The highest BCUT2D eigenvalue weighted by Crippen LogP contribution is 2.41. The van der Waals surface area contributed by atoms with Gasteiger partial charge in [0.2, 0.25) is 5.13 Å². The van der Waals surface area contributed by atoms with E-state index in [0.717, 1.165) is 17.4 Å². The zero-order valence-corrected chi connectivity index (χ0v) is 12.3. The maximum absolute atomic E-state index is 6.08. The molecule has 3 rings (SSSR count). The Kier molecular flexibility index (Phi) is 2.68. The van der Waals surface area contributed by atoms with Crippen LogP contribution in [0.25, 0.3) is 0 Å². The lowest BCUT2D eigenvalue weighted by Gasteiger charge is -2.27. The number of hydrogen-bond donors (Lipinski definition) is 1. The third kappa shape index (κ3) is 2.38. The van der Waals surface area contributed by atoms with E-state index >= 15 is 0 Å². The number of nitrogens with one attached hydrogen (secondary N) is 1. The number of aromatic nitrogens is 2. The second kappa shape index (κ2) is 3.90. The maximum atomic E-state index is 6.08. The molecule has 1 aliphatic heterocycles. The fourth-order valence-corrected chi connectivity index (χ4v) is 3.44. The van der Waals surface area contributed by atoms with Crippen LogP contribution in [0.4, 0.5) is 5.13 Å². The van der Waals surface area contributed by atoms with Crippen LogP contribution in [0.1, 0.15) is 58.7 Å². The van der Waals surface area contributed by atoms with E-state index in [2.05, 4.69) is 42.4 Å². The summed E-state index contributed by atoms with van der Waals surface area (Å²) < 4.78 is 10.5. The second-order valence-corrected chi connectivity index (χ2v) is 7.35. The summed E-state index contributed by atoms with van der Waals surface area (Å²) in [6.07, 6.45) is 3.50. The SMILES string of the molecule is CC1(C)CC(Nc2nc(C3CC3)ns2)C(C)(C)O1. The van der Waals surface area contributed by atoms with E-state index < -0.39 is 0 Å². The Bertz CT molecular complexity index is 451. The van der Waals surface area contributed by atoms with Gasteiger partial charge in [-0.2, -0.15) is 4.37 Å². The highest BCUT2D eigenvalue weighted by molar-refractivity contribution is 7.09. The van der Waals surface area contributed by atoms with Crippen molar-refractivity contribution in [3.63, 3.8) is 0 Å². The van der Waals surface area contributed by atoms with Gasteiger partial charge in [-0.05, 0) is 47.0 Å². The quantitative estimate of drug-likeness (QED) is 0.913. The molecule has 1 saturated carbocycles. The smallest absolute Gasteiger partial charge is 0.202 e. The summed E-state index contributed by atoms with van der Waals surface area (Å²) in [5.74, 6) is 1.65. The van der Waals surface area contributed by atoms with Crippen LogP contribution in [-0.4, -0.2) is 26.6 Å². The lowest BCUT2D eigenvalue weighted by atomic mass is 9.95. The molecule has 1 atom stereocenters. The molecule has 0 bridgehead atoms. The van der Waals surface area contributed by atoms with Gasteiger partial charge in [0.05, 0.1) is 17.2 Å². The Balaban J connectivity index is 1.71. The van der Waals surface area contributed by atoms with Gasteiger partial charge < -0.3 is 10.1 Å². The highest BCUT2D eigenvalue weighted by atomic mass is 32.1. The number of anilines is 1. The van der Waals surface area contributed by atoms with Crippen LogP contribution in [-0.2, 0) is 4.74 Å². The molecule has 4 nitrogen and oxygen atoms in total. The molecule has 18 heavy (non-hydrogen) atoms. The van der Waals surface area contributed by atoms with Crippen molar-refractivity contribution in [2.75, 3.05) is 5.32 Å². The fraction of sp³-hybridized carbons (Fsp3) is 0.846. The zero-order chi connectivity index (χ0) is 13.0. The minimum Gasteiger partial charge on any atom is -0.367 e. The van der Waals surface area contributed by atoms with Gasteiger partial charge in [-0.25, -0.2) is 4.98 Å². The molecule has 1 aromatic rings. The Hall–Kier alpha value is -0.680. The van der Waals surface area contributed by atoms with Crippen molar-refractivity contribution in [2.24, 2.45) is 0 Å². The third-order valence-electron chi connectivity index (χ3n) is 3.76. The number of rotatable bonds is 3. The lowest BCUT2D eigenvalue weighted by molar-refractivity contribution is -0.0662. The first-order valence-electron chi connectivity index (χ1n) is 6.66. The van der Waals surface area contributed by atoms with Crippen LogP contribution in [0.2, 0.25) is 0 Å². The molecule has 1 unspecified atom stereocenters. The van der Waals surface area contributed by atoms with Crippen LogP contribution in [0.3, 0.4) is 0 Å². The van der Waals surface area contributed by atoms with Gasteiger partial charge in [-0.3, -0.25) is 0 Å². The topological polar surface area (TPSA) is 47.0 Å². The summed E-state index contributed by atoms with van der Waals surface area (Å²) >= 11 is 1.48. The summed E-state index contributed by atoms with van der Waals surface area (Å²) in [5.41, 5.74) is -0.222. The number of ether oxygens (including phenoxy) is 1. The minimum atomic E-state index is -0.158. The van der Waals surface area contributed by atoms with Crippen molar-refractivity contribution in [1.82, 2.24) is 9.36 Å². The van der Waals surface area contributed by atoms with Gasteiger partial charge in [0.15, 0.2) is 0 Å². The first-order chi connectivity index (χ1) is 8.36. The van der Waals surface area contributed by atoms with E-state index in [-0.39, 0.29) is 11.2 Å². The normalized spacial score (nSPS) is 29.4. The minimum absolute atomic E-state index is 0.0643. The molecular weight excluding hydrogens is 246 g/mol. The Labute approximate surface area is 112 Å². The van der Waals surface area contributed by atoms with Crippen molar-refractivity contribution in [3.8, 4) is 0 Å². The Morgan fingerprint density at radius 2 is 2.00 bits per heavy atom. The summed E-state index contributed by atoms with van der Waals surface area (Å²) in [5, 5.41) is 4.45. The maximum Gasteiger partial charge on any atom is 0.202 e. The van der Waals surface area contributed by atoms with Gasteiger partial charge in [0.25, 0.3) is 0 Å². The Morgan fingerprint density at radius 3 is 2.56 bits per heavy atom. The third-order valence-corrected chi connectivity index (χ3v) is 4.42. The van der Waals surface area contributed by atoms with Gasteiger partial charge in [0, 0.05) is 17.5 Å². The molecular formula is C13H21N3OS. The number of hydrogen-bond acceptors (Lipinski definition) is 5. The van der Waals surface area contributed by atoms with E-state index in [1.165, 1.54) is 24.4 Å². The molecule has 100 valence electrons. The van der Waals surface area contributed by atoms with Crippen LogP contribution < -0.4 is 5.32 Å². The monoisotopic (exact) mass is 267 g/mol. The lowest BCUT2D eigenvalue weighted by Crippen LogP contribution is -2.38. The van der Waals surface area contributed by atoms with Gasteiger partial charge in [0.1, 0.15) is 5.82 Å². The summed E-state index contributed by atoms with van der Waals surface area (Å²) in [4.78, 5) is 4.59. The molecule has 2 fully saturated rings. The van der Waals surface area contributed by atoms with Crippen molar-refractivity contribution in [1.29, 1.82) is 0 Å². The molecule has 1 N–H and O–H groups in total. The molecule has 0 radical (unpaired) electrons. The summed E-state index contributed by atoms with van der Waals surface area (Å²) in [6, 6.07) is 0.299. The zero-order valence-electron chi connectivity index (χ0n) is 11.5. The molecule has 1 saturated heterocycles. The summed E-state index contributed by atoms with van der Waals surface area (Å²) in [6.45, 7) is 8.57. The van der Waals surface area contributed by atoms with E-state index in [9.17, 15) is 0 Å². The predicted molar refractivity (Wildman–Crippen MR) is 73.2 cm³/mol. The molecule has 1 aliphatic carbocycles. The van der Waals surface area contributed by atoms with Crippen LogP contribution in [0, 0.1) is 0 Å². The van der Waals surface area contributed by atoms with E-state index in [4.69, 9.17) is 4.74 Å². The standard InChI is InChI=1S/C13H21N3OS/c1-12(2)7-9(13(3,4)17-12)14-11-15-10(16-18-11)8-5-6-8/h8-9H,5-7H2,1-4H3,(H,14,15,16). The fourth-order valence-electron chi connectivity index (χ4n) is 2.74. The second-order valence-electron chi connectivity index (χ2n) is 6.60. The average Bonchev–Trinajstić information content (AvgIpc) is 2.92. The molecule has 2 aliphatic rings. The van der Waals surface area contributed by atoms with E-state index in [1.54, 1.807) is 0 Å². The largest absolute Gasteiger partial charge is 0.367 e. The molecule has 0 amide bonds. The van der Waals surface area contributed by atoms with Gasteiger partial charge in [-0.1, -0.05) is 0 Å². The Morgan fingerprint density at radius 1 is 1.28 bits per heavy atom. The first kappa shape index (κ1) is 12.4. The van der Waals surface area contributed by atoms with E-state index in [1.807, 2.05) is 0 Å². The number of nitrogens with zero attached hydrogens (tertiary/aromatic N) is 2. The van der Waals surface area contributed by atoms with Gasteiger partial charge in [-0.15, -0.1) is 0 Å². The molecule has 1 aromatic heterocycles. The summed E-state index contributed by atoms with van der Waals surface area (Å²) in [7, 11) is 0. The van der Waals surface area contributed by atoms with Gasteiger partial charge >= 0.3 is 0 Å². The predicted octanol–water partition coefficient (Wildman–Crippen LogP) is 3.17. The van der Waals surface area contributed by atoms with Crippen molar-refractivity contribution in [2.45, 2.75) is 70.1 Å². The molecule has 0 aromatic carbocycles. The average molecular weight is 267 g/mol. The first-order valence-corrected chi connectivity index (χ1v) is 7.43. The van der Waals surface area contributed by atoms with Crippen molar-refractivity contribution >= 4 is 16.7 Å². The molecule has 0 spiro atoms. The van der Waals surface area contributed by atoms with Crippen LogP contribution in [0.5, 0.6) is 0 Å².